The SMILES string of the molecule is C.C#CC1(C(C)C)CC(=O)C1CS(=O)(=O)O/N=C1/CC=C/C1=C(/C#N)c1ccccc1C. The van der Waals surface area contributed by atoms with Crippen LogP contribution < -0.4 is 0 Å². The second-order valence-electron chi connectivity index (χ2n) is 8.19. The van der Waals surface area contributed by atoms with Crippen molar-refractivity contribution in [2.45, 2.75) is 41.0 Å². The third-order valence-corrected chi connectivity index (χ3v) is 7.15. The number of hydrogen-bond acceptors (Lipinski definition) is 6. The van der Waals surface area contributed by atoms with Crippen LogP contribution in [-0.4, -0.2) is 25.7 Å². The normalized spacial score (nSPS) is 25.0. The summed E-state index contributed by atoms with van der Waals surface area (Å²) < 4.78 is 30.1. The highest BCUT2D eigenvalue weighted by Crippen LogP contribution is 2.49. The van der Waals surface area contributed by atoms with E-state index in [4.69, 9.17) is 10.7 Å². The zero-order chi connectivity index (χ0) is 22.8. The minimum atomic E-state index is -4.14. The first-order chi connectivity index (χ1) is 14.6. The fraction of sp³-hybridized carbons (Fsp3) is 0.400. The van der Waals surface area contributed by atoms with Gasteiger partial charge in [-0.2, -0.15) is 13.7 Å². The Morgan fingerprint density at radius 3 is 2.62 bits per heavy atom. The second-order valence-corrected chi connectivity index (χ2v) is 9.79. The lowest BCUT2D eigenvalue weighted by atomic mass is 9.55. The van der Waals surface area contributed by atoms with Crippen molar-refractivity contribution in [3.05, 3.63) is 53.1 Å². The molecule has 1 fully saturated rings. The average molecular weight is 453 g/mol. The molecule has 0 bridgehead atoms. The maximum absolute atomic E-state index is 12.6. The summed E-state index contributed by atoms with van der Waals surface area (Å²) >= 11 is 0. The Labute approximate surface area is 190 Å². The van der Waals surface area contributed by atoms with Gasteiger partial charge in [-0.1, -0.05) is 68.8 Å². The molecule has 0 aliphatic heterocycles. The van der Waals surface area contributed by atoms with Crippen molar-refractivity contribution in [3.8, 4) is 18.4 Å². The summed E-state index contributed by atoms with van der Waals surface area (Å²) in [7, 11) is -4.14. The molecule has 2 aliphatic carbocycles. The molecule has 3 rings (SSSR count). The summed E-state index contributed by atoms with van der Waals surface area (Å²) in [6, 6.07) is 9.62. The number of aryl methyl sites for hydroxylation is 1. The molecule has 0 heterocycles. The highest BCUT2D eigenvalue weighted by molar-refractivity contribution is 7.86. The molecule has 1 saturated carbocycles. The van der Waals surface area contributed by atoms with Gasteiger partial charge in [-0.15, -0.1) is 6.42 Å². The number of nitrogens with zero attached hydrogens (tertiary/aromatic N) is 2. The van der Waals surface area contributed by atoms with Crippen LogP contribution in [0.4, 0.5) is 0 Å². The standard InChI is InChI=1S/C24H24N2O4S.CH4/c1-5-24(16(2)3)13-23(27)21(24)15-31(28,29)30-26-22-12-8-11-19(22)20(14-25)18-10-7-6-9-17(18)4;/h1,6-11,16,21H,12-13,15H2,2-4H3;1H4/b20-19+,26-22-;. The first-order valence-electron chi connectivity index (χ1n) is 10.0. The van der Waals surface area contributed by atoms with E-state index in [9.17, 15) is 18.5 Å². The van der Waals surface area contributed by atoms with Crippen LogP contribution in [0.5, 0.6) is 0 Å². The molecule has 7 heteroatoms. The number of Topliss-reactive ketones (excluding diaryl/α,β-unsaturated/α-hetero) is 1. The fourth-order valence-electron chi connectivity index (χ4n) is 4.12. The van der Waals surface area contributed by atoms with Gasteiger partial charge in [0.05, 0.1) is 28.4 Å². The first kappa shape index (κ1) is 25.1. The summed E-state index contributed by atoms with van der Waals surface area (Å²) in [4.78, 5) is 12.1. The molecule has 0 spiro atoms. The lowest BCUT2D eigenvalue weighted by molar-refractivity contribution is -0.140. The van der Waals surface area contributed by atoms with Crippen molar-refractivity contribution in [2.24, 2.45) is 22.4 Å². The van der Waals surface area contributed by atoms with Crippen LogP contribution in [0.1, 0.15) is 45.2 Å². The maximum Gasteiger partial charge on any atom is 0.329 e. The molecule has 0 saturated heterocycles. The molecule has 0 amide bonds. The van der Waals surface area contributed by atoms with E-state index in [2.05, 4.69) is 17.1 Å². The molecule has 0 aromatic heterocycles. The van der Waals surface area contributed by atoms with Crippen LogP contribution in [-0.2, 0) is 19.2 Å². The fourth-order valence-corrected chi connectivity index (χ4v) is 5.28. The van der Waals surface area contributed by atoms with Gasteiger partial charge in [0, 0.05) is 18.4 Å². The van der Waals surface area contributed by atoms with Gasteiger partial charge in [0.25, 0.3) is 0 Å². The Morgan fingerprint density at radius 2 is 2.06 bits per heavy atom. The van der Waals surface area contributed by atoms with E-state index >= 15 is 0 Å². The number of allylic oxidation sites excluding steroid dienone is 4. The minimum Gasteiger partial charge on any atom is -0.299 e. The van der Waals surface area contributed by atoms with Crippen LogP contribution in [0, 0.1) is 47.8 Å². The van der Waals surface area contributed by atoms with Crippen LogP contribution in [0.25, 0.3) is 5.57 Å². The molecule has 1 aromatic carbocycles. The average Bonchev–Trinajstić information content (AvgIpc) is 3.19. The van der Waals surface area contributed by atoms with Crippen molar-refractivity contribution >= 4 is 27.2 Å². The predicted octanol–water partition coefficient (Wildman–Crippen LogP) is 4.44. The van der Waals surface area contributed by atoms with Gasteiger partial charge in [0.1, 0.15) is 11.9 Å². The molecule has 2 unspecified atom stereocenters. The number of oxime groups is 1. The summed E-state index contributed by atoms with van der Waals surface area (Å²) in [5, 5.41) is 13.6. The Hall–Kier alpha value is -3.16. The van der Waals surface area contributed by atoms with Crippen molar-refractivity contribution in [2.75, 3.05) is 5.75 Å². The van der Waals surface area contributed by atoms with Crippen LogP contribution >= 0.6 is 0 Å². The first-order valence-corrected chi connectivity index (χ1v) is 11.6. The molecule has 0 radical (unpaired) electrons. The molecule has 0 N–H and O–H groups in total. The third-order valence-electron chi connectivity index (χ3n) is 6.11. The quantitative estimate of drug-likeness (QED) is 0.361. The zero-order valence-electron chi connectivity index (χ0n) is 17.8. The number of rotatable bonds is 6. The molecule has 6 nitrogen and oxygen atoms in total. The number of nitriles is 1. The van der Waals surface area contributed by atoms with Crippen molar-refractivity contribution in [1.29, 1.82) is 5.26 Å². The van der Waals surface area contributed by atoms with Gasteiger partial charge in [-0.05, 0) is 24.0 Å². The molecule has 1 aromatic rings. The lowest BCUT2D eigenvalue weighted by Gasteiger charge is -2.46. The smallest absolute Gasteiger partial charge is 0.299 e. The van der Waals surface area contributed by atoms with E-state index in [0.717, 1.165) is 11.1 Å². The van der Waals surface area contributed by atoms with E-state index in [0.29, 0.717) is 23.3 Å². The molecule has 2 atom stereocenters. The Bertz CT molecular complexity index is 1190. The van der Waals surface area contributed by atoms with Crippen molar-refractivity contribution < 1.29 is 17.5 Å². The number of carbonyl (C=O) groups excluding carboxylic acids is 1. The number of terminal acetylenes is 1. The summed E-state index contributed by atoms with van der Waals surface area (Å²) in [6.45, 7) is 5.65. The minimum absolute atomic E-state index is 0. The van der Waals surface area contributed by atoms with Gasteiger partial charge < -0.3 is 0 Å². The lowest BCUT2D eigenvalue weighted by Crippen LogP contribution is -2.53. The summed E-state index contributed by atoms with van der Waals surface area (Å²) in [5.41, 5.74) is 2.15. The predicted molar refractivity (Wildman–Crippen MR) is 126 cm³/mol. The molecular weight excluding hydrogens is 424 g/mol. The van der Waals surface area contributed by atoms with Gasteiger partial charge in [0.15, 0.2) is 0 Å². The number of hydrogen-bond donors (Lipinski definition) is 0. The van der Waals surface area contributed by atoms with E-state index < -0.39 is 27.2 Å². The molecule has 32 heavy (non-hydrogen) atoms. The largest absolute Gasteiger partial charge is 0.329 e. The van der Waals surface area contributed by atoms with Gasteiger partial charge in [-0.3, -0.25) is 9.08 Å². The second kappa shape index (κ2) is 9.54. The molecular formula is C25H28N2O4S. The Morgan fingerprint density at radius 1 is 1.38 bits per heavy atom. The Balaban J connectivity index is 0.00000363. The number of carbonyl (C=O) groups is 1. The monoisotopic (exact) mass is 452 g/mol. The highest BCUT2D eigenvalue weighted by atomic mass is 32.2. The topological polar surface area (TPSA) is 96.6 Å². The van der Waals surface area contributed by atoms with Gasteiger partial charge >= 0.3 is 10.1 Å². The van der Waals surface area contributed by atoms with E-state index in [1.54, 1.807) is 12.2 Å². The molecule has 168 valence electrons. The van der Waals surface area contributed by atoms with Gasteiger partial charge in [-0.25, -0.2) is 0 Å². The summed E-state index contributed by atoms with van der Waals surface area (Å²) in [5.74, 6) is 1.10. The van der Waals surface area contributed by atoms with E-state index in [1.807, 2.05) is 45.0 Å². The van der Waals surface area contributed by atoms with Crippen LogP contribution in [0.3, 0.4) is 0 Å². The van der Waals surface area contributed by atoms with E-state index in [-0.39, 0.29) is 25.5 Å². The number of benzene rings is 1. The van der Waals surface area contributed by atoms with Crippen molar-refractivity contribution in [1.82, 2.24) is 0 Å². The zero-order valence-corrected chi connectivity index (χ0v) is 18.6. The van der Waals surface area contributed by atoms with Crippen molar-refractivity contribution in [3.63, 3.8) is 0 Å². The highest BCUT2D eigenvalue weighted by Gasteiger charge is 2.56. The third kappa shape index (κ3) is 4.54. The van der Waals surface area contributed by atoms with Crippen LogP contribution in [0.15, 0.2) is 47.1 Å². The Kier molecular flexibility index (Phi) is 7.49. The molecule has 2 aliphatic rings. The van der Waals surface area contributed by atoms with Gasteiger partial charge in [0.2, 0.25) is 0 Å². The maximum atomic E-state index is 12.6. The number of ketones is 1. The van der Waals surface area contributed by atoms with Crippen LogP contribution in [0.2, 0.25) is 0 Å². The van der Waals surface area contributed by atoms with E-state index in [1.165, 1.54) is 0 Å². The summed E-state index contributed by atoms with van der Waals surface area (Å²) in [6.07, 6.45) is 9.67.